The third kappa shape index (κ3) is 9.87. The van der Waals surface area contributed by atoms with Crippen LogP contribution in [0.5, 0.6) is 0 Å². The highest BCUT2D eigenvalue weighted by atomic mass is 35.5. The molecule has 3 rings (SSSR count). The molecule has 9 nitrogen and oxygen atoms in total. The van der Waals surface area contributed by atoms with Crippen LogP contribution in [0.4, 0.5) is 5.13 Å². The molecule has 214 valence electrons. The van der Waals surface area contributed by atoms with E-state index in [1.807, 2.05) is 54.2 Å². The monoisotopic (exact) mass is 605 g/mol. The van der Waals surface area contributed by atoms with Gasteiger partial charge in [0, 0.05) is 44.2 Å². The first-order chi connectivity index (χ1) is 19.2. The van der Waals surface area contributed by atoms with Crippen molar-refractivity contribution in [1.29, 1.82) is 0 Å². The Kier molecular flexibility index (Phi) is 12.4. The summed E-state index contributed by atoms with van der Waals surface area (Å²) in [5, 5.41) is 5.42. The van der Waals surface area contributed by atoms with E-state index in [1.54, 1.807) is 11.4 Å². The molecule has 3 aromatic rings. The summed E-state index contributed by atoms with van der Waals surface area (Å²) in [5.74, 6) is -0.854. The number of carbonyl (C=O) groups excluding carboxylic acids is 3. The highest BCUT2D eigenvalue weighted by Crippen LogP contribution is 2.23. The molecule has 40 heavy (non-hydrogen) atoms. The van der Waals surface area contributed by atoms with Crippen LogP contribution in [-0.2, 0) is 27.3 Å². The Bertz CT molecular complexity index is 1290. The molecule has 0 aliphatic carbocycles. The van der Waals surface area contributed by atoms with Crippen LogP contribution in [-0.4, -0.2) is 91.4 Å². The number of halogens is 2. The first kappa shape index (κ1) is 31.5. The molecule has 1 aromatic heterocycles. The molecule has 0 atom stereocenters. The zero-order valence-corrected chi connectivity index (χ0v) is 25.1. The zero-order valence-electron chi connectivity index (χ0n) is 22.7. The van der Waals surface area contributed by atoms with Crippen LogP contribution in [0.3, 0.4) is 0 Å². The van der Waals surface area contributed by atoms with E-state index in [4.69, 9.17) is 27.9 Å². The highest BCUT2D eigenvalue weighted by Gasteiger charge is 2.21. The summed E-state index contributed by atoms with van der Waals surface area (Å²) in [5.41, 5.74) is 1.92. The van der Waals surface area contributed by atoms with Crippen LogP contribution in [0.15, 0.2) is 53.9 Å². The van der Waals surface area contributed by atoms with Gasteiger partial charge in [0.25, 0.3) is 5.91 Å². The number of methoxy groups -OCH3 is 1. The maximum Gasteiger partial charge on any atom is 0.254 e. The number of rotatable bonds is 14. The summed E-state index contributed by atoms with van der Waals surface area (Å²) in [6.07, 6.45) is 0.114. The van der Waals surface area contributed by atoms with Crippen molar-refractivity contribution in [3.05, 3.63) is 80.8 Å². The van der Waals surface area contributed by atoms with Crippen molar-refractivity contribution in [3.8, 4) is 0 Å². The largest absolute Gasteiger partial charge is 0.383 e. The second kappa shape index (κ2) is 15.7. The lowest BCUT2D eigenvalue weighted by atomic mass is 10.2. The molecule has 0 unspecified atom stereocenters. The molecule has 0 aliphatic heterocycles. The van der Waals surface area contributed by atoms with E-state index in [-0.39, 0.29) is 43.0 Å². The topological polar surface area (TPSA) is 95.1 Å². The third-order valence-corrected chi connectivity index (χ3v) is 7.42. The van der Waals surface area contributed by atoms with Gasteiger partial charge in [-0.1, -0.05) is 53.5 Å². The van der Waals surface area contributed by atoms with Crippen molar-refractivity contribution in [1.82, 2.24) is 19.7 Å². The predicted octanol–water partition coefficient (Wildman–Crippen LogP) is 4.31. The van der Waals surface area contributed by atoms with E-state index < -0.39 is 5.91 Å². The van der Waals surface area contributed by atoms with Crippen LogP contribution < -0.4 is 5.32 Å². The Hall–Kier alpha value is -3.02. The number of hydrogen-bond donors (Lipinski definition) is 1. The van der Waals surface area contributed by atoms with E-state index in [9.17, 15) is 14.4 Å². The summed E-state index contributed by atoms with van der Waals surface area (Å²) in [6.45, 7) is 2.05. The lowest BCUT2D eigenvalue weighted by Gasteiger charge is -2.24. The molecule has 2 aromatic carbocycles. The van der Waals surface area contributed by atoms with Crippen molar-refractivity contribution in [3.63, 3.8) is 0 Å². The quantitative estimate of drug-likeness (QED) is 0.294. The lowest BCUT2D eigenvalue weighted by Crippen LogP contribution is -2.40. The van der Waals surface area contributed by atoms with E-state index in [2.05, 4.69) is 10.3 Å². The minimum absolute atomic E-state index is 0.0492. The smallest absolute Gasteiger partial charge is 0.254 e. The SMILES string of the molecule is COCCN(CC(=O)Nc1nc(CC(=O)N(CCN(C)C)Cc2ccccc2)cs1)C(=O)c1ccc(Cl)c(Cl)c1. The molecule has 0 saturated carbocycles. The number of nitrogens with zero attached hydrogens (tertiary/aromatic N) is 4. The number of hydrogen-bond acceptors (Lipinski definition) is 7. The lowest BCUT2D eigenvalue weighted by molar-refractivity contribution is -0.131. The molecule has 0 spiro atoms. The van der Waals surface area contributed by atoms with E-state index in [0.29, 0.717) is 34.5 Å². The highest BCUT2D eigenvalue weighted by molar-refractivity contribution is 7.13. The number of ether oxygens (including phenoxy) is 1. The van der Waals surface area contributed by atoms with Crippen LogP contribution in [0, 0.1) is 0 Å². The Morgan fingerprint density at radius 2 is 1.73 bits per heavy atom. The average Bonchev–Trinajstić information content (AvgIpc) is 3.36. The van der Waals surface area contributed by atoms with Crippen molar-refractivity contribution >= 4 is 57.4 Å². The molecule has 1 N–H and O–H groups in total. The summed E-state index contributed by atoms with van der Waals surface area (Å²) in [4.78, 5) is 48.7. The maximum atomic E-state index is 13.2. The second-order valence-electron chi connectivity index (χ2n) is 9.32. The summed E-state index contributed by atoms with van der Waals surface area (Å²) in [6, 6.07) is 14.4. The molecule has 0 bridgehead atoms. The Morgan fingerprint density at radius 3 is 2.40 bits per heavy atom. The molecular formula is C28H33Cl2N5O4S. The zero-order chi connectivity index (χ0) is 29.1. The van der Waals surface area contributed by atoms with Gasteiger partial charge in [-0.2, -0.15) is 0 Å². The minimum atomic E-state index is -0.423. The molecule has 3 amide bonds. The number of carbonyl (C=O) groups is 3. The fourth-order valence-electron chi connectivity index (χ4n) is 3.73. The summed E-state index contributed by atoms with van der Waals surface area (Å²) in [7, 11) is 5.45. The average molecular weight is 607 g/mol. The third-order valence-electron chi connectivity index (χ3n) is 5.87. The number of nitrogens with one attached hydrogen (secondary N) is 1. The van der Waals surface area contributed by atoms with Gasteiger partial charge in [-0.05, 0) is 37.9 Å². The Morgan fingerprint density at radius 1 is 0.975 bits per heavy atom. The van der Waals surface area contributed by atoms with Crippen molar-refractivity contribution < 1.29 is 19.1 Å². The maximum absolute atomic E-state index is 13.2. The Labute approximate surface area is 248 Å². The van der Waals surface area contributed by atoms with Crippen LogP contribution in [0.25, 0.3) is 0 Å². The van der Waals surface area contributed by atoms with E-state index in [1.165, 1.54) is 35.5 Å². The van der Waals surface area contributed by atoms with Crippen molar-refractivity contribution in [2.24, 2.45) is 0 Å². The van der Waals surface area contributed by atoms with Gasteiger partial charge >= 0.3 is 0 Å². The summed E-state index contributed by atoms with van der Waals surface area (Å²) >= 11 is 13.3. The molecule has 0 saturated heterocycles. The standard InChI is InChI=1S/C28H33Cl2N5O4S/c1-33(2)11-12-34(17-20-7-5-4-6-8-20)26(37)16-22-19-40-28(31-22)32-25(36)18-35(13-14-39-3)27(38)21-9-10-23(29)24(30)15-21/h4-10,15,19H,11-14,16-18H2,1-3H3,(H,31,32,36). The van der Waals surface area contributed by atoms with E-state index in [0.717, 1.165) is 12.1 Å². The normalized spacial score (nSPS) is 10.9. The van der Waals surface area contributed by atoms with Gasteiger partial charge in [-0.15, -0.1) is 11.3 Å². The molecule has 0 radical (unpaired) electrons. The van der Waals surface area contributed by atoms with Gasteiger partial charge in [0.15, 0.2) is 5.13 Å². The Balaban J connectivity index is 1.62. The van der Waals surface area contributed by atoms with Gasteiger partial charge < -0.3 is 24.8 Å². The number of anilines is 1. The van der Waals surface area contributed by atoms with Gasteiger partial charge in [-0.25, -0.2) is 4.98 Å². The molecule has 0 fully saturated rings. The van der Waals surface area contributed by atoms with Crippen LogP contribution in [0.1, 0.15) is 21.6 Å². The van der Waals surface area contributed by atoms with Crippen molar-refractivity contribution in [2.45, 2.75) is 13.0 Å². The first-order valence-electron chi connectivity index (χ1n) is 12.6. The number of thiazole rings is 1. The molecular weight excluding hydrogens is 573 g/mol. The fourth-order valence-corrected chi connectivity index (χ4v) is 4.75. The van der Waals surface area contributed by atoms with Crippen LogP contribution in [0.2, 0.25) is 10.0 Å². The van der Waals surface area contributed by atoms with E-state index >= 15 is 0 Å². The minimum Gasteiger partial charge on any atom is -0.383 e. The second-order valence-corrected chi connectivity index (χ2v) is 11.0. The first-order valence-corrected chi connectivity index (χ1v) is 14.2. The summed E-state index contributed by atoms with van der Waals surface area (Å²) < 4.78 is 5.11. The van der Waals surface area contributed by atoms with Gasteiger partial charge in [0.1, 0.15) is 6.54 Å². The molecule has 1 heterocycles. The fraction of sp³-hybridized carbons (Fsp3) is 0.357. The number of benzene rings is 2. The molecule has 0 aliphatic rings. The van der Waals surface area contributed by atoms with Gasteiger partial charge in [0.05, 0.1) is 28.8 Å². The number of likely N-dealkylation sites (N-methyl/N-ethyl adjacent to an activating group) is 1. The molecule has 12 heteroatoms. The number of aromatic nitrogens is 1. The van der Waals surface area contributed by atoms with Crippen LogP contribution >= 0.6 is 34.5 Å². The van der Waals surface area contributed by atoms with Crippen molar-refractivity contribution in [2.75, 3.05) is 59.3 Å². The van der Waals surface area contributed by atoms with Gasteiger partial charge in [-0.3, -0.25) is 14.4 Å². The number of amides is 3. The predicted molar refractivity (Wildman–Crippen MR) is 159 cm³/mol. The van der Waals surface area contributed by atoms with Gasteiger partial charge in [0.2, 0.25) is 11.8 Å².